The van der Waals surface area contributed by atoms with Crippen LogP contribution in [0.3, 0.4) is 0 Å². The number of aryl methyl sites for hydroxylation is 1. The van der Waals surface area contributed by atoms with Crippen LogP contribution in [0.4, 0.5) is 5.69 Å². The van der Waals surface area contributed by atoms with Gasteiger partial charge in [-0.15, -0.1) is 11.3 Å². The van der Waals surface area contributed by atoms with Crippen molar-refractivity contribution in [3.8, 4) is 20.9 Å². The Balaban J connectivity index is 2.17. The first kappa shape index (κ1) is 14.3. The van der Waals surface area contributed by atoms with E-state index in [4.69, 9.17) is 0 Å². The van der Waals surface area contributed by atoms with Crippen LogP contribution in [0, 0.1) is 6.92 Å². The first-order chi connectivity index (χ1) is 10.5. The standard InChI is InChI=1S/C16H12N2O3S/c1-8-7-9(5-6-18-8)10-3-4-11(22-10)12-13(17-2)15(20)16(21)14(12)19/h3-7,17H,1-2H3. The lowest BCUT2D eigenvalue weighted by atomic mass is 10.2. The molecule has 0 aliphatic heterocycles. The zero-order valence-corrected chi connectivity index (χ0v) is 12.8. The summed E-state index contributed by atoms with van der Waals surface area (Å²) < 4.78 is 0. The molecule has 110 valence electrons. The average molecular weight is 312 g/mol. The summed E-state index contributed by atoms with van der Waals surface area (Å²) in [6, 6.07) is 7.44. The maximum atomic E-state index is 12.0. The molecule has 0 spiro atoms. The van der Waals surface area contributed by atoms with E-state index in [1.807, 2.05) is 25.1 Å². The maximum absolute atomic E-state index is 12.0. The second-order valence-electron chi connectivity index (χ2n) is 4.84. The summed E-state index contributed by atoms with van der Waals surface area (Å²) in [4.78, 5) is 41.1. The van der Waals surface area contributed by atoms with E-state index in [0.717, 1.165) is 16.1 Å². The van der Waals surface area contributed by atoms with Crippen LogP contribution in [0.5, 0.6) is 0 Å². The Labute approximate surface area is 129 Å². The van der Waals surface area contributed by atoms with Gasteiger partial charge in [0.15, 0.2) is 0 Å². The lowest BCUT2D eigenvalue weighted by Crippen LogP contribution is -2.30. The van der Waals surface area contributed by atoms with Gasteiger partial charge in [0.05, 0.1) is 11.3 Å². The van der Waals surface area contributed by atoms with Gasteiger partial charge in [0.25, 0.3) is 10.9 Å². The molecule has 0 unspecified atom stereocenters. The quantitative estimate of drug-likeness (QED) is 0.746. The molecular formula is C16H12N2O3S. The minimum Gasteiger partial charge on any atom is -0.384 e. The smallest absolute Gasteiger partial charge is 0.275 e. The van der Waals surface area contributed by atoms with Gasteiger partial charge in [-0.1, -0.05) is 0 Å². The molecule has 1 N–H and O–H groups in total. The van der Waals surface area contributed by atoms with Crippen molar-refractivity contribution in [2.45, 2.75) is 6.92 Å². The number of pyridine rings is 1. The molecule has 0 aliphatic carbocycles. The molecule has 0 saturated carbocycles. The van der Waals surface area contributed by atoms with Crippen LogP contribution in [0.2, 0.25) is 0 Å². The van der Waals surface area contributed by atoms with Crippen LogP contribution < -0.4 is 21.6 Å². The molecule has 1 aromatic carbocycles. The van der Waals surface area contributed by atoms with E-state index < -0.39 is 16.3 Å². The Bertz CT molecular complexity index is 997. The van der Waals surface area contributed by atoms with E-state index in [1.165, 1.54) is 18.4 Å². The summed E-state index contributed by atoms with van der Waals surface area (Å²) in [7, 11) is 1.53. The van der Waals surface area contributed by atoms with E-state index in [0.29, 0.717) is 4.88 Å². The van der Waals surface area contributed by atoms with E-state index in [9.17, 15) is 14.4 Å². The Kier molecular flexibility index (Phi) is 3.46. The largest absolute Gasteiger partial charge is 0.384 e. The normalized spacial score (nSPS) is 10.8. The molecular weight excluding hydrogens is 300 g/mol. The van der Waals surface area contributed by atoms with Crippen molar-refractivity contribution < 1.29 is 0 Å². The van der Waals surface area contributed by atoms with Crippen molar-refractivity contribution in [3.05, 3.63) is 66.8 Å². The maximum Gasteiger partial charge on any atom is 0.275 e. The molecule has 0 atom stereocenters. The third-order valence-corrected chi connectivity index (χ3v) is 4.55. The highest BCUT2D eigenvalue weighted by molar-refractivity contribution is 7.18. The summed E-state index contributed by atoms with van der Waals surface area (Å²) in [5.41, 5.74) is -0.364. The molecule has 0 aliphatic rings. The van der Waals surface area contributed by atoms with Gasteiger partial charge in [0.2, 0.25) is 5.43 Å². The van der Waals surface area contributed by atoms with Crippen molar-refractivity contribution in [1.82, 2.24) is 4.98 Å². The predicted octanol–water partition coefficient (Wildman–Crippen LogP) is 1.78. The molecule has 3 aromatic rings. The Morgan fingerprint density at radius 3 is 2.41 bits per heavy atom. The van der Waals surface area contributed by atoms with Crippen molar-refractivity contribution in [3.63, 3.8) is 0 Å². The van der Waals surface area contributed by atoms with Gasteiger partial charge >= 0.3 is 0 Å². The summed E-state index contributed by atoms with van der Waals surface area (Å²) >= 11 is 1.37. The Morgan fingerprint density at radius 1 is 1.00 bits per heavy atom. The molecule has 22 heavy (non-hydrogen) atoms. The number of nitrogens with one attached hydrogen (secondary N) is 1. The number of thiophene rings is 1. The summed E-state index contributed by atoms with van der Waals surface area (Å²) in [6.07, 6.45) is 1.72. The number of anilines is 1. The van der Waals surface area contributed by atoms with Crippen LogP contribution in [0.15, 0.2) is 44.8 Å². The molecule has 0 radical (unpaired) electrons. The molecule has 0 bridgehead atoms. The van der Waals surface area contributed by atoms with Gasteiger partial charge in [-0.25, -0.2) is 0 Å². The second-order valence-corrected chi connectivity index (χ2v) is 5.92. The number of hydrogen-bond acceptors (Lipinski definition) is 6. The average Bonchev–Trinajstić information content (AvgIpc) is 3.06. The third-order valence-electron chi connectivity index (χ3n) is 3.40. The molecule has 5 nitrogen and oxygen atoms in total. The number of rotatable bonds is 3. The first-order valence-electron chi connectivity index (χ1n) is 6.61. The van der Waals surface area contributed by atoms with Crippen LogP contribution in [-0.2, 0) is 0 Å². The monoisotopic (exact) mass is 312 g/mol. The van der Waals surface area contributed by atoms with Crippen molar-refractivity contribution in [1.29, 1.82) is 0 Å². The zero-order valence-electron chi connectivity index (χ0n) is 12.0. The number of aromatic nitrogens is 1. The lowest BCUT2D eigenvalue weighted by Gasteiger charge is -1.99. The Hall–Kier alpha value is -2.60. The SMILES string of the molecule is CNc1c(-c2ccc(-c3ccnc(C)c3)s2)c(=O)c(=O)c1=O. The van der Waals surface area contributed by atoms with Crippen molar-refractivity contribution in [2.75, 3.05) is 12.4 Å². The van der Waals surface area contributed by atoms with Crippen LogP contribution in [-0.4, -0.2) is 12.0 Å². The summed E-state index contributed by atoms with van der Waals surface area (Å²) in [5.74, 6) is 0. The minimum atomic E-state index is -0.978. The number of hydrogen-bond donors (Lipinski definition) is 1. The zero-order chi connectivity index (χ0) is 15.9. The fourth-order valence-corrected chi connectivity index (χ4v) is 3.41. The summed E-state index contributed by atoms with van der Waals surface area (Å²) in [5, 5.41) is 2.67. The fourth-order valence-electron chi connectivity index (χ4n) is 2.36. The fraction of sp³-hybridized carbons (Fsp3) is 0.125. The van der Waals surface area contributed by atoms with E-state index in [2.05, 4.69) is 10.3 Å². The molecule has 3 rings (SSSR count). The highest BCUT2D eigenvalue weighted by Crippen LogP contribution is 2.34. The molecule has 0 saturated heterocycles. The van der Waals surface area contributed by atoms with Crippen LogP contribution in [0.25, 0.3) is 20.9 Å². The Morgan fingerprint density at radius 2 is 1.73 bits per heavy atom. The van der Waals surface area contributed by atoms with Crippen molar-refractivity contribution >= 4 is 17.0 Å². The predicted molar refractivity (Wildman–Crippen MR) is 88.5 cm³/mol. The van der Waals surface area contributed by atoms with E-state index >= 15 is 0 Å². The van der Waals surface area contributed by atoms with Crippen molar-refractivity contribution in [2.24, 2.45) is 0 Å². The van der Waals surface area contributed by atoms with Gasteiger partial charge in [-0.05, 0) is 36.8 Å². The molecule has 0 fully saturated rings. The van der Waals surface area contributed by atoms with Gasteiger partial charge in [0.1, 0.15) is 0 Å². The van der Waals surface area contributed by atoms with Crippen LogP contribution in [0.1, 0.15) is 5.69 Å². The highest BCUT2D eigenvalue weighted by atomic mass is 32.1. The minimum absolute atomic E-state index is 0.0781. The van der Waals surface area contributed by atoms with E-state index in [1.54, 1.807) is 12.3 Å². The topological polar surface area (TPSA) is 76.1 Å². The highest BCUT2D eigenvalue weighted by Gasteiger charge is 2.21. The van der Waals surface area contributed by atoms with E-state index in [-0.39, 0.29) is 11.3 Å². The van der Waals surface area contributed by atoms with Gasteiger partial charge in [-0.3, -0.25) is 19.4 Å². The second kappa shape index (κ2) is 5.31. The molecule has 6 heteroatoms. The third kappa shape index (κ3) is 2.17. The van der Waals surface area contributed by atoms with Gasteiger partial charge in [-0.2, -0.15) is 0 Å². The lowest BCUT2D eigenvalue weighted by molar-refractivity contribution is 1.20. The molecule has 0 amide bonds. The summed E-state index contributed by atoms with van der Waals surface area (Å²) in [6.45, 7) is 1.90. The number of nitrogens with zero attached hydrogens (tertiary/aromatic N) is 1. The van der Waals surface area contributed by atoms with Crippen LogP contribution >= 0.6 is 11.3 Å². The first-order valence-corrected chi connectivity index (χ1v) is 7.43. The van der Waals surface area contributed by atoms with Gasteiger partial charge in [0, 0.05) is 28.7 Å². The molecule has 2 heterocycles. The molecule has 2 aromatic heterocycles. The van der Waals surface area contributed by atoms with Gasteiger partial charge < -0.3 is 5.32 Å².